The maximum atomic E-state index is 8.56. The van der Waals surface area contributed by atoms with E-state index in [1.807, 2.05) is 12.1 Å². The summed E-state index contributed by atoms with van der Waals surface area (Å²) in [4.78, 5) is 8.56. The zero-order chi connectivity index (χ0) is 14.5. The molecule has 0 amide bonds. The largest absolute Gasteiger partial charge is 0.503 e. The van der Waals surface area contributed by atoms with E-state index in [1.54, 1.807) is 0 Å². The predicted octanol–water partition coefficient (Wildman–Crippen LogP) is 5.21. The Bertz CT molecular complexity index is 482. The third-order valence-electron chi connectivity index (χ3n) is 3.13. The van der Waals surface area contributed by atoms with Crippen molar-refractivity contribution in [1.82, 2.24) is 0 Å². The third-order valence-corrected chi connectivity index (χ3v) is 3.87. The van der Waals surface area contributed by atoms with Gasteiger partial charge in [0.15, 0.2) is 0 Å². The van der Waals surface area contributed by atoms with Gasteiger partial charge in [-0.15, -0.1) is 0 Å². The van der Waals surface area contributed by atoms with Crippen LogP contribution in [0.5, 0.6) is 0 Å². The van der Waals surface area contributed by atoms with E-state index >= 15 is 0 Å². The van der Waals surface area contributed by atoms with Crippen LogP contribution in [-0.4, -0.2) is 16.4 Å². The summed E-state index contributed by atoms with van der Waals surface area (Å²) in [5.41, 5.74) is 1.39. The highest BCUT2D eigenvalue weighted by Gasteiger charge is 2.25. The molecule has 0 spiro atoms. The molecule has 2 N–H and O–H groups in total. The minimum absolute atomic E-state index is 0.131. The van der Waals surface area contributed by atoms with Gasteiger partial charge in [0.25, 0.3) is 0 Å². The van der Waals surface area contributed by atoms with Gasteiger partial charge in [-0.1, -0.05) is 48.3 Å². The fraction of sp³-hybridized carbons (Fsp3) is 0.357. The van der Waals surface area contributed by atoms with Crippen LogP contribution in [0.3, 0.4) is 0 Å². The minimum atomic E-state index is -1.83. The summed E-state index contributed by atoms with van der Waals surface area (Å²) in [6, 6.07) is 5.94. The molecular weight excluding hydrogens is 287 g/mol. The van der Waals surface area contributed by atoms with Crippen molar-refractivity contribution in [3.8, 4) is 0 Å². The maximum absolute atomic E-state index is 8.56. The first-order valence-electron chi connectivity index (χ1n) is 5.90. The van der Waals surface area contributed by atoms with Gasteiger partial charge in [-0.25, -0.2) is 4.79 Å². The van der Waals surface area contributed by atoms with Gasteiger partial charge in [0, 0.05) is 5.41 Å². The third kappa shape index (κ3) is 4.77. The van der Waals surface area contributed by atoms with Crippen molar-refractivity contribution >= 4 is 29.4 Å². The highest BCUT2D eigenvalue weighted by atomic mass is 35.5. The molecule has 1 aliphatic carbocycles. The number of hydrogen-bond acceptors (Lipinski definition) is 1. The van der Waals surface area contributed by atoms with Crippen LogP contribution >= 0.6 is 23.2 Å². The summed E-state index contributed by atoms with van der Waals surface area (Å²) in [6.07, 6.45) is 6.33. The van der Waals surface area contributed by atoms with Crippen molar-refractivity contribution in [3.05, 3.63) is 46.0 Å². The monoisotopic (exact) mass is 302 g/mol. The SMILES string of the molecule is CC1(c2ccc(Cl)c(Cl)c2)C=CCCC1.O=C(O)O. The van der Waals surface area contributed by atoms with E-state index in [2.05, 4.69) is 25.1 Å². The standard InChI is InChI=1S/C13H14Cl2.CH2O3/c1-13(7-3-2-4-8-13)10-5-6-11(14)12(15)9-10;2-1(3)4/h3,5-7,9H,2,4,8H2,1H3;(H2,2,3,4). The van der Waals surface area contributed by atoms with Gasteiger partial charge in [0.2, 0.25) is 0 Å². The Kier molecular flexibility index (Phi) is 5.70. The first-order chi connectivity index (χ1) is 8.85. The molecule has 2 rings (SSSR count). The van der Waals surface area contributed by atoms with Crippen LogP contribution in [0.25, 0.3) is 0 Å². The van der Waals surface area contributed by atoms with Gasteiger partial charge in [-0.3, -0.25) is 0 Å². The lowest BCUT2D eigenvalue weighted by atomic mass is 9.75. The molecule has 0 fully saturated rings. The number of carbonyl (C=O) groups is 1. The van der Waals surface area contributed by atoms with Crippen LogP contribution < -0.4 is 0 Å². The number of halogens is 2. The lowest BCUT2D eigenvalue weighted by Crippen LogP contribution is -2.20. The average molecular weight is 303 g/mol. The molecule has 19 heavy (non-hydrogen) atoms. The molecule has 1 aromatic rings. The van der Waals surface area contributed by atoms with E-state index in [9.17, 15) is 0 Å². The van der Waals surface area contributed by atoms with Crippen LogP contribution in [0.1, 0.15) is 31.7 Å². The molecule has 0 radical (unpaired) electrons. The zero-order valence-electron chi connectivity index (χ0n) is 10.6. The summed E-state index contributed by atoms with van der Waals surface area (Å²) in [7, 11) is 0. The van der Waals surface area contributed by atoms with Gasteiger partial charge in [-0.2, -0.15) is 0 Å². The summed E-state index contributed by atoms with van der Waals surface area (Å²) < 4.78 is 0. The van der Waals surface area contributed by atoms with Crippen molar-refractivity contribution < 1.29 is 15.0 Å². The molecule has 0 heterocycles. The van der Waals surface area contributed by atoms with Gasteiger partial charge >= 0.3 is 6.16 Å². The number of hydrogen-bond donors (Lipinski definition) is 2. The smallest absolute Gasteiger partial charge is 0.450 e. The van der Waals surface area contributed by atoms with E-state index in [4.69, 9.17) is 38.2 Å². The molecule has 1 aliphatic rings. The Balaban J connectivity index is 0.000000399. The van der Waals surface area contributed by atoms with Crippen LogP contribution in [0.4, 0.5) is 4.79 Å². The van der Waals surface area contributed by atoms with Crippen molar-refractivity contribution in [2.24, 2.45) is 0 Å². The summed E-state index contributed by atoms with van der Waals surface area (Å²) in [6.45, 7) is 2.25. The number of benzene rings is 1. The second kappa shape index (κ2) is 6.83. The van der Waals surface area contributed by atoms with Gasteiger partial charge in [0.05, 0.1) is 10.0 Å². The quantitative estimate of drug-likeness (QED) is 0.700. The van der Waals surface area contributed by atoms with Crippen LogP contribution in [0, 0.1) is 0 Å². The molecule has 1 aromatic carbocycles. The molecule has 3 nitrogen and oxygen atoms in total. The van der Waals surface area contributed by atoms with E-state index in [0.29, 0.717) is 10.0 Å². The minimum Gasteiger partial charge on any atom is -0.450 e. The average Bonchev–Trinajstić information content (AvgIpc) is 2.33. The topological polar surface area (TPSA) is 57.5 Å². The molecule has 0 saturated carbocycles. The second-order valence-electron chi connectivity index (χ2n) is 4.62. The first-order valence-corrected chi connectivity index (χ1v) is 6.66. The predicted molar refractivity (Wildman–Crippen MR) is 77.5 cm³/mol. The molecule has 1 unspecified atom stereocenters. The fourth-order valence-electron chi connectivity index (χ4n) is 2.11. The lowest BCUT2D eigenvalue weighted by Gasteiger charge is -2.29. The number of allylic oxidation sites excluding steroid dienone is 2. The Labute approximate surface area is 122 Å². The number of carboxylic acid groups (broad SMARTS) is 2. The maximum Gasteiger partial charge on any atom is 0.503 e. The van der Waals surface area contributed by atoms with E-state index in [1.165, 1.54) is 24.8 Å². The van der Waals surface area contributed by atoms with E-state index < -0.39 is 6.16 Å². The van der Waals surface area contributed by atoms with Crippen LogP contribution in [0.15, 0.2) is 30.4 Å². The van der Waals surface area contributed by atoms with E-state index in [0.717, 1.165) is 0 Å². The van der Waals surface area contributed by atoms with Crippen molar-refractivity contribution in [2.45, 2.75) is 31.6 Å². The second-order valence-corrected chi connectivity index (χ2v) is 5.44. The molecule has 0 saturated heterocycles. The Morgan fingerprint density at radius 3 is 2.37 bits per heavy atom. The molecular formula is C14H16Cl2O3. The highest BCUT2D eigenvalue weighted by molar-refractivity contribution is 6.42. The molecule has 0 aliphatic heterocycles. The van der Waals surface area contributed by atoms with Crippen molar-refractivity contribution in [1.29, 1.82) is 0 Å². The van der Waals surface area contributed by atoms with Gasteiger partial charge in [-0.05, 0) is 37.0 Å². The van der Waals surface area contributed by atoms with Crippen molar-refractivity contribution in [2.75, 3.05) is 0 Å². The molecule has 0 aromatic heterocycles. The van der Waals surface area contributed by atoms with Gasteiger partial charge < -0.3 is 10.2 Å². The Hall–Kier alpha value is -1.19. The fourth-order valence-corrected chi connectivity index (χ4v) is 2.40. The molecule has 104 valence electrons. The first kappa shape index (κ1) is 15.9. The Morgan fingerprint density at radius 2 is 1.89 bits per heavy atom. The van der Waals surface area contributed by atoms with Gasteiger partial charge in [0.1, 0.15) is 0 Å². The molecule has 0 bridgehead atoms. The zero-order valence-corrected chi connectivity index (χ0v) is 12.1. The van der Waals surface area contributed by atoms with Crippen LogP contribution in [-0.2, 0) is 5.41 Å². The van der Waals surface area contributed by atoms with Crippen molar-refractivity contribution in [3.63, 3.8) is 0 Å². The Morgan fingerprint density at radius 1 is 1.26 bits per heavy atom. The summed E-state index contributed by atoms with van der Waals surface area (Å²) in [5.74, 6) is 0. The molecule has 5 heteroatoms. The van der Waals surface area contributed by atoms with Crippen LogP contribution in [0.2, 0.25) is 10.0 Å². The molecule has 1 atom stereocenters. The van der Waals surface area contributed by atoms with E-state index in [-0.39, 0.29) is 5.41 Å². The lowest BCUT2D eigenvalue weighted by molar-refractivity contribution is 0.137. The summed E-state index contributed by atoms with van der Waals surface area (Å²) in [5, 5.41) is 15.2. The number of rotatable bonds is 1. The highest BCUT2D eigenvalue weighted by Crippen LogP contribution is 2.36. The summed E-state index contributed by atoms with van der Waals surface area (Å²) >= 11 is 12.0. The normalized spacial score (nSPS) is 21.4.